The van der Waals surface area contributed by atoms with Gasteiger partial charge in [-0.25, -0.2) is 9.97 Å². The van der Waals surface area contributed by atoms with Gasteiger partial charge in [0.2, 0.25) is 0 Å². The number of hydrogen-bond donors (Lipinski definition) is 0. The summed E-state index contributed by atoms with van der Waals surface area (Å²) >= 11 is 3.44. The third-order valence-electron chi connectivity index (χ3n) is 2.96. The molecule has 0 aliphatic heterocycles. The van der Waals surface area contributed by atoms with Crippen LogP contribution >= 0.6 is 15.9 Å². The Kier molecular flexibility index (Phi) is 5.89. The molecule has 0 N–H and O–H groups in total. The number of unbranched alkanes of at least 4 members (excludes halogenated alkanes) is 1. The highest BCUT2D eigenvalue weighted by Crippen LogP contribution is 2.20. The number of anilines is 1. The second kappa shape index (κ2) is 6.94. The maximum Gasteiger partial charge on any atom is 0.133 e. The number of halogens is 1. The van der Waals surface area contributed by atoms with Crippen molar-refractivity contribution in [3.63, 3.8) is 0 Å². The summed E-state index contributed by atoms with van der Waals surface area (Å²) in [6, 6.07) is 2.53. The van der Waals surface area contributed by atoms with E-state index in [1.165, 1.54) is 12.8 Å². The first-order chi connectivity index (χ1) is 8.08. The van der Waals surface area contributed by atoms with Gasteiger partial charge in [0, 0.05) is 18.7 Å². The lowest BCUT2D eigenvalue weighted by atomic mass is 10.2. The Morgan fingerprint density at radius 2 is 2.06 bits per heavy atom. The summed E-state index contributed by atoms with van der Waals surface area (Å²) in [4.78, 5) is 11.2. The molecule has 1 rings (SSSR count). The molecule has 3 nitrogen and oxygen atoms in total. The highest BCUT2D eigenvalue weighted by Gasteiger charge is 2.14. The molecule has 1 aromatic heterocycles. The van der Waals surface area contributed by atoms with Crippen LogP contribution in [-0.2, 0) is 0 Å². The highest BCUT2D eigenvalue weighted by atomic mass is 79.9. The average molecular weight is 300 g/mol. The van der Waals surface area contributed by atoms with Crippen LogP contribution in [0.5, 0.6) is 0 Å². The van der Waals surface area contributed by atoms with Crippen LogP contribution in [0.15, 0.2) is 10.7 Å². The maximum atomic E-state index is 4.54. The van der Waals surface area contributed by atoms with Crippen molar-refractivity contribution in [3.8, 4) is 0 Å². The van der Waals surface area contributed by atoms with Crippen LogP contribution in [0.3, 0.4) is 0 Å². The first-order valence-corrected chi connectivity index (χ1v) is 7.15. The van der Waals surface area contributed by atoms with Gasteiger partial charge in [0.1, 0.15) is 16.2 Å². The minimum atomic E-state index is 0.516. The summed E-state index contributed by atoms with van der Waals surface area (Å²) in [5.41, 5.74) is 0. The molecule has 4 heteroatoms. The molecule has 0 aromatic carbocycles. The smallest absolute Gasteiger partial charge is 0.133 e. The van der Waals surface area contributed by atoms with Crippen molar-refractivity contribution in [2.24, 2.45) is 0 Å². The summed E-state index contributed by atoms with van der Waals surface area (Å²) in [7, 11) is 0. The van der Waals surface area contributed by atoms with E-state index in [-0.39, 0.29) is 0 Å². The Hall–Kier alpha value is -0.640. The Morgan fingerprint density at radius 1 is 1.35 bits per heavy atom. The summed E-state index contributed by atoms with van der Waals surface area (Å²) < 4.78 is 0.866. The fourth-order valence-electron chi connectivity index (χ4n) is 1.77. The molecule has 1 heterocycles. The zero-order chi connectivity index (χ0) is 12.8. The van der Waals surface area contributed by atoms with Crippen LogP contribution < -0.4 is 4.90 Å². The molecule has 0 bridgehead atoms. The van der Waals surface area contributed by atoms with Gasteiger partial charge in [-0.2, -0.15) is 0 Å². The molecular weight excluding hydrogens is 278 g/mol. The van der Waals surface area contributed by atoms with E-state index in [0.717, 1.165) is 29.2 Å². The summed E-state index contributed by atoms with van der Waals surface area (Å²) in [6.45, 7) is 9.68. The zero-order valence-electron chi connectivity index (χ0n) is 11.2. The lowest BCUT2D eigenvalue weighted by Gasteiger charge is -2.29. The van der Waals surface area contributed by atoms with Gasteiger partial charge in [0.15, 0.2) is 0 Å². The van der Waals surface area contributed by atoms with E-state index in [9.17, 15) is 0 Å². The van der Waals surface area contributed by atoms with Crippen LogP contribution in [0.4, 0.5) is 5.82 Å². The third kappa shape index (κ3) is 4.26. The normalized spacial score (nSPS) is 12.5. The lowest BCUT2D eigenvalue weighted by molar-refractivity contribution is 0.588. The lowest BCUT2D eigenvalue weighted by Crippen LogP contribution is -2.34. The SMILES string of the molecule is CCCCN(c1cc(Br)nc(C)n1)C(C)CC. The number of aryl methyl sites for hydroxylation is 1. The fraction of sp³-hybridized carbons (Fsp3) is 0.692. The molecule has 0 fully saturated rings. The quantitative estimate of drug-likeness (QED) is 0.745. The Labute approximate surface area is 113 Å². The molecule has 1 unspecified atom stereocenters. The second-order valence-corrected chi connectivity index (χ2v) is 5.21. The van der Waals surface area contributed by atoms with Crippen molar-refractivity contribution < 1.29 is 0 Å². The molecular formula is C13H22BrN3. The fourth-order valence-corrected chi connectivity index (χ4v) is 2.23. The minimum absolute atomic E-state index is 0.516. The standard InChI is InChI=1S/C13H22BrN3/c1-5-7-8-17(10(3)6-2)13-9-12(14)15-11(4)16-13/h9-10H,5-8H2,1-4H3. The summed E-state index contributed by atoms with van der Waals surface area (Å²) in [6.07, 6.45) is 3.54. The Morgan fingerprint density at radius 3 is 2.59 bits per heavy atom. The predicted molar refractivity (Wildman–Crippen MR) is 76.5 cm³/mol. The molecule has 0 saturated heterocycles. The van der Waals surface area contributed by atoms with Crippen molar-refractivity contribution in [3.05, 3.63) is 16.5 Å². The summed E-state index contributed by atoms with van der Waals surface area (Å²) in [5, 5.41) is 0. The van der Waals surface area contributed by atoms with Gasteiger partial charge in [-0.05, 0) is 42.6 Å². The number of hydrogen-bond acceptors (Lipinski definition) is 3. The van der Waals surface area contributed by atoms with Gasteiger partial charge < -0.3 is 4.90 Å². The van der Waals surface area contributed by atoms with Crippen LogP contribution in [0, 0.1) is 6.92 Å². The van der Waals surface area contributed by atoms with Gasteiger partial charge in [-0.15, -0.1) is 0 Å². The number of aromatic nitrogens is 2. The van der Waals surface area contributed by atoms with Crippen molar-refractivity contribution >= 4 is 21.7 Å². The van der Waals surface area contributed by atoms with Gasteiger partial charge in [0.25, 0.3) is 0 Å². The highest BCUT2D eigenvalue weighted by molar-refractivity contribution is 9.10. The molecule has 17 heavy (non-hydrogen) atoms. The van der Waals surface area contributed by atoms with Gasteiger partial charge in [-0.3, -0.25) is 0 Å². The van der Waals surface area contributed by atoms with Crippen molar-refractivity contribution in [2.45, 2.75) is 53.0 Å². The van der Waals surface area contributed by atoms with Crippen LogP contribution in [0.25, 0.3) is 0 Å². The number of rotatable bonds is 6. The Balaban J connectivity index is 2.94. The van der Waals surface area contributed by atoms with E-state index in [0.29, 0.717) is 6.04 Å². The van der Waals surface area contributed by atoms with Crippen LogP contribution in [0.2, 0.25) is 0 Å². The van der Waals surface area contributed by atoms with Gasteiger partial charge >= 0.3 is 0 Å². The van der Waals surface area contributed by atoms with Crippen LogP contribution in [0.1, 0.15) is 45.9 Å². The molecule has 0 aliphatic rings. The van der Waals surface area contributed by atoms with E-state index in [1.807, 2.05) is 13.0 Å². The summed E-state index contributed by atoms with van der Waals surface area (Å²) in [5.74, 6) is 1.85. The van der Waals surface area contributed by atoms with Crippen molar-refractivity contribution in [2.75, 3.05) is 11.4 Å². The molecule has 1 atom stereocenters. The molecule has 0 amide bonds. The third-order valence-corrected chi connectivity index (χ3v) is 3.37. The molecule has 0 saturated carbocycles. The minimum Gasteiger partial charge on any atom is -0.354 e. The predicted octanol–water partition coefficient (Wildman–Crippen LogP) is 3.95. The zero-order valence-corrected chi connectivity index (χ0v) is 12.8. The average Bonchev–Trinajstić information content (AvgIpc) is 2.28. The first kappa shape index (κ1) is 14.4. The molecule has 0 spiro atoms. The Bertz CT molecular complexity index is 334. The topological polar surface area (TPSA) is 29.0 Å². The van der Waals surface area contributed by atoms with Crippen molar-refractivity contribution in [1.82, 2.24) is 9.97 Å². The first-order valence-electron chi connectivity index (χ1n) is 6.36. The van der Waals surface area contributed by atoms with Crippen LogP contribution in [-0.4, -0.2) is 22.6 Å². The van der Waals surface area contributed by atoms with Gasteiger partial charge in [0.05, 0.1) is 0 Å². The van der Waals surface area contributed by atoms with E-state index in [4.69, 9.17) is 0 Å². The van der Waals surface area contributed by atoms with E-state index in [1.54, 1.807) is 0 Å². The van der Waals surface area contributed by atoms with E-state index >= 15 is 0 Å². The molecule has 96 valence electrons. The van der Waals surface area contributed by atoms with E-state index in [2.05, 4.69) is 51.6 Å². The maximum absolute atomic E-state index is 4.54. The largest absolute Gasteiger partial charge is 0.354 e. The molecule has 0 aliphatic carbocycles. The van der Waals surface area contributed by atoms with Gasteiger partial charge in [-0.1, -0.05) is 20.3 Å². The number of nitrogens with zero attached hydrogens (tertiary/aromatic N) is 3. The second-order valence-electron chi connectivity index (χ2n) is 4.40. The molecule has 1 aromatic rings. The molecule has 0 radical (unpaired) electrons. The monoisotopic (exact) mass is 299 g/mol. The van der Waals surface area contributed by atoms with Crippen molar-refractivity contribution in [1.29, 1.82) is 0 Å². The van der Waals surface area contributed by atoms with E-state index < -0.39 is 0 Å².